The van der Waals surface area contributed by atoms with Crippen molar-refractivity contribution < 1.29 is 74.8 Å². The number of hydrogen-bond donors (Lipinski definition) is 12. The predicted octanol–water partition coefficient (Wildman–Crippen LogP) is -4.11. The number of phenols is 2. The molecule has 6 atom stereocenters. The molecule has 0 amide bonds. The van der Waals surface area contributed by atoms with Gasteiger partial charge in [0, 0.05) is 51.2 Å². The SMILES string of the molecule is CCOC.COC.COc1cc(=O)c2c(=O)c3c(c(=O)c=2c1=O)=C(O)C1(CCc2cc4cc(C(O)C(O)C(O)C(C)O)[nH]c(=O)c4c(O)c21)C=3O.COc1cc(=O)c2c(=O)c3c(c(=O)c=2c1=O)=C(O)C1(CCc2cc4cc(C=O)[nH]c(=O)c4c(O)c21)C=3O. The van der Waals surface area contributed by atoms with Crippen LogP contribution in [0, 0.1) is 20.9 Å². The molecule has 27 heteroatoms. The van der Waals surface area contributed by atoms with Crippen LogP contribution in [0.25, 0.3) is 44.6 Å². The van der Waals surface area contributed by atoms with Crippen molar-refractivity contribution in [3.63, 3.8) is 0 Å². The number of aromatic amines is 2. The number of rotatable bonds is 8. The van der Waals surface area contributed by atoms with Gasteiger partial charge >= 0.3 is 0 Å². The molecule has 12 N–H and O–H groups in total. The van der Waals surface area contributed by atoms with Crippen molar-refractivity contribution in [3.8, 4) is 23.0 Å². The smallest absolute Gasteiger partial charge is 0.260 e. The lowest BCUT2D eigenvalue weighted by Crippen LogP contribution is -2.51. The van der Waals surface area contributed by atoms with E-state index in [4.69, 9.17) is 9.47 Å². The topological polar surface area (TPSA) is 459 Å². The predicted molar refractivity (Wildman–Crippen MR) is 311 cm³/mol. The lowest BCUT2D eigenvalue weighted by molar-refractivity contribution is -0.102. The van der Waals surface area contributed by atoms with Crippen molar-refractivity contribution in [1.82, 2.24) is 9.97 Å². The highest BCUT2D eigenvalue weighted by atomic mass is 16.5. The second-order valence-corrected chi connectivity index (χ2v) is 21.2. The number of aromatic hydroxyl groups is 2. The molecule has 0 radical (unpaired) electrons. The summed E-state index contributed by atoms with van der Waals surface area (Å²) in [6.45, 7) is 3.96. The lowest BCUT2D eigenvalue weighted by atomic mass is 9.78. The number of ether oxygens (including phenoxy) is 4. The van der Waals surface area contributed by atoms with Crippen LogP contribution in [0.3, 0.4) is 0 Å². The number of nitrogens with one attached hydrogen (secondary N) is 2. The monoisotopic (exact) mass is 1210 g/mol. The molecule has 0 aliphatic heterocycles. The zero-order valence-electron chi connectivity index (χ0n) is 47.5. The number of pyridine rings is 2. The number of H-pyrrole nitrogens is 2. The van der Waals surface area contributed by atoms with E-state index >= 15 is 0 Å². The van der Waals surface area contributed by atoms with Crippen LogP contribution in [0.5, 0.6) is 23.0 Å². The fourth-order valence-corrected chi connectivity index (χ4v) is 12.4. The molecule has 27 nitrogen and oxygen atoms in total. The number of aromatic nitrogens is 2. The van der Waals surface area contributed by atoms with Gasteiger partial charge in [-0.15, -0.1) is 0 Å². The van der Waals surface area contributed by atoms with E-state index < -0.39 is 178 Å². The maximum Gasteiger partial charge on any atom is 0.260 e. The van der Waals surface area contributed by atoms with Crippen LogP contribution >= 0.6 is 0 Å². The van der Waals surface area contributed by atoms with Crippen molar-refractivity contribution in [2.75, 3.05) is 42.2 Å². The van der Waals surface area contributed by atoms with E-state index in [1.165, 1.54) is 31.2 Å². The van der Waals surface area contributed by atoms with Crippen molar-refractivity contribution in [2.24, 2.45) is 0 Å². The van der Waals surface area contributed by atoms with E-state index in [0.29, 0.717) is 11.8 Å². The van der Waals surface area contributed by atoms with Crippen molar-refractivity contribution in [3.05, 3.63) is 214 Å². The zero-order chi connectivity index (χ0) is 64.8. The van der Waals surface area contributed by atoms with Crippen LogP contribution < -0.4 is 84.9 Å². The van der Waals surface area contributed by atoms with Gasteiger partial charge < -0.3 is 80.0 Å². The molecule has 2 heterocycles. The van der Waals surface area contributed by atoms with Crippen LogP contribution in [0.4, 0.5) is 0 Å². The number of aldehydes is 1. The fraction of sp³-hybridized carbons (Fsp3) is 0.295. The second-order valence-electron chi connectivity index (χ2n) is 21.2. The average molecular weight is 1220 g/mol. The van der Waals surface area contributed by atoms with E-state index in [-0.39, 0.29) is 75.3 Å². The molecule has 88 heavy (non-hydrogen) atoms. The summed E-state index contributed by atoms with van der Waals surface area (Å²) in [5, 5.41) is 103. The lowest BCUT2D eigenvalue weighted by Gasteiger charge is -2.27. The van der Waals surface area contributed by atoms with Gasteiger partial charge in [-0.05, 0) is 73.6 Å². The normalized spacial score (nSPS) is 18.3. The second kappa shape index (κ2) is 22.7. The molecule has 458 valence electrons. The number of carbonyl (C=O) groups excluding carboxylic acids is 1. The summed E-state index contributed by atoms with van der Waals surface area (Å²) in [6.07, 6.45) is -6.63. The zero-order valence-corrected chi connectivity index (χ0v) is 47.5. The maximum atomic E-state index is 13.6. The van der Waals surface area contributed by atoms with Crippen molar-refractivity contribution in [2.45, 2.75) is 74.8 Å². The third-order valence-electron chi connectivity index (χ3n) is 16.5. The molecule has 0 saturated carbocycles. The van der Waals surface area contributed by atoms with Crippen molar-refractivity contribution >= 4 is 50.9 Å². The Morgan fingerprint density at radius 2 is 0.875 bits per heavy atom. The van der Waals surface area contributed by atoms with Crippen LogP contribution in [0.15, 0.2) is 84.3 Å². The standard InChI is InChI=1S/C30H25NO13.C26H15NO10.C3H8O.C2H6O/c1-8(32)20(34)26(40)21(35)11-6-10-5-9-3-4-30(19(9)25(39)14(10)29(43)31-11)27(41)17-18(28(30)42)24(38)16-15(23(17)37)12(33)7-13(44-2)22(16)36;1-37-12-6-11(29)14-15(19(12)30)21(32)17-16(20(14)31)23(34)26(24(17)35)3-2-8-4-9-5-10(7-28)27-25(36)13(9)22(33)18(8)26;1-3-4-2;1-3-2/h5-8,20-21,26,32,34-35,39-42H,3-4H2,1-2H3,(H,31,43);4-7,33-35H,2-3H2,1H3,(H,27,36);3H2,1-2H3;1-2H3. The van der Waals surface area contributed by atoms with Gasteiger partial charge in [0.15, 0.2) is 28.6 Å². The third-order valence-corrected chi connectivity index (χ3v) is 16.5. The number of aliphatic hydroxyl groups excluding tert-OH is 8. The maximum absolute atomic E-state index is 13.6. The number of aliphatic hydroxyl groups is 8. The summed E-state index contributed by atoms with van der Waals surface area (Å²) >= 11 is 0. The van der Waals surface area contributed by atoms with Gasteiger partial charge in [0.1, 0.15) is 63.7 Å². The Morgan fingerprint density at radius 1 is 0.511 bits per heavy atom. The minimum atomic E-state index is -2.08. The van der Waals surface area contributed by atoms with Crippen LogP contribution in [0.2, 0.25) is 0 Å². The highest BCUT2D eigenvalue weighted by Crippen LogP contribution is 2.55. The van der Waals surface area contributed by atoms with Gasteiger partial charge in [0.05, 0.1) is 84.2 Å². The molecule has 12 rings (SSSR count). The summed E-state index contributed by atoms with van der Waals surface area (Å²) in [5.74, 6) is -5.55. The number of phenolic OH excluding ortho intramolecular Hbond substituents is 2. The number of benzene rings is 2. The Bertz CT molecular complexity index is 5370. The quantitative estimate of drug-likeness (QED) is 0.0643. The van der Waals surface area contributed by atoms with E-state index in [2.05, 4.69) is 19.4 Å². The summed E-state index contributed by atoms with van der Waals surface area (Å²) in [7, 11) is 7.13. The molecule has 2 aromatic heterocycles. The molecular weight excluding hydrogens is 1160 g/mol. The molecule has 8 aliphatic carbocycles. The summed E-state index contributed by atoms with van der Waals surface area (Å²) in [6, 6.07) is 7.00. The minimum Gasteiger partial charge on any atom is -0.510 e. The molecule has 0 bridgehead atoms. The Balaban J connectivity index is 0.000000192. The summed E-state index contributed by atoms with van der Waals surface area (Å²) < 4.78 is 18.5. The van der Waals surface area contributed by atoms with E-state index in [9.17, 15) is 104 Å². The van der Waals surface area contributed by atoms with E-state index in [0.717, 1.165) is 33.0 Å². The van der Waals surface area contributed by atoms with Gasteiger partial charge in [0.25, 0.3) is 11.1 Å². The Labute approximate surface area is 488 Å². The molecule has 0 fully saturated rings. The van der Waals surface area contributed by atoms with Crippen molar-refractivity contribution in [1.29, 1.82) is 0 Å². The Hall–Kier alpha value is -10.0. The molecule has 0 saturated heterocycles. The first-order chi connectivity index (χ1) is 41.6. The Morgan fingerprint density at radius 3 is 1.23 bits per heavy atom. The number of aryl methyl sites for hydroxylation is 2. The first-order valence-corrected chi connectivity index (χ1v) is 26.6. The molecule has 8 aliphatic rings. The molecule has 2 spiro atoms. The number of hydrogen-bond acceptors (Lipinski definition) is 25. The number of carbonyl (C=O) groups is 1. The Kier molecular flexibility index (Phi) is 16.1. The van der Waals surface area contributed by atoms with Gasteiger partial charge in [-0.2, -0.15) is 0 Å². The highest BCUT2D eigenvalue weighted by molar-refractivity contribution is 5.97. The van der Waals surface area contributed by atoms with Gasteiger partial charge in [-0.1, -0.05) is 12.1 Å². The van der Waals surface area contributed by atoms with E-state index in [1.807, 2.05) is 6.92 Å². The van der Waals surface area contributed by atoms with Crippen LogP contribution in [0.1, 0.15) is 71.2 Å². The van der Waals surface area contributed by atoms with Crippen LogP contribution in [-0.2, 0) is 33.1 Å². The summed E-state index contributed by atoms with van der Waals surface area (Å²) in [4.78, 5) is 147. The summed E-state index contributed by atoms with van der Waals surface area (Å²) in [5.41, 5.74) is -14.5. The molecule has 4 aromatic rings. The van der Waals surface area contributed by atoms with E-state index in [1.54, 1.807) is 21.3 Å². The number of fused-ring (bicyclic) bond motifs is 8. The minimum absolute atomic E-state index is 0.0300. The third kappa shape index (κ3) is 8.74. The molecular formula is C61H54N2O25. The highest BCUT2D eigenvalue weighted by Gasteiger charge is 2.55. The fourth-order valence-electron chi connectivity index (χ4n) is 12.4. The largest absolute Gasteiger partial charge is 0.510 e. The molecule has 2 aromatic carbocycles. The van der Waals surface area contributed by atoms with Gasteiger partial charge in [0.2, 0.25) is 32.6 Å². The first-order valence-electron chi connectivity index (χ1n) is 26.6. The molecule has 6 unspecified atom stereocenters. The average Bonchev–Trinajstić information content (AvgIpc) is 1.52. The van der Waals surface area contributed by atoms with Crippen LogP contribution in [-0.4, -0.2) is 128 Å². The number of methoxy groups -OCH3 is 4. The van der Waals surface area contributed by atoms with Gasteiger partial charge in [-0.25, -0.2) is 0 Å². The first kappa shape index (κ1) is 62.5. The van der Waals surface area contributed by atoms with Gasteiger partial charge in [-0.3, -0.25) is 52.7 Å².